The second kappa shape index (κ2) is 2.60. The predicted molar refractivity (Wildman–Crippen MR) is 57.0 cm³/mol. The Morgan fingerprint density at radius 1 is 1.33 bits per heavy atom. The molecule has 0 amide bonds. The van der Waals surface area contributed by atoms with Gasteiger partial charge in [0.25, 0.3) is 0 Å². The minimum atomic E-state index is 1.26. The van der Waals surface area contributed by atoms with E-state index in [1.807, 2.05) is 0 Å². The quantitative estimate of drug-likeness (QED) is 0.542. The molecule has 0 radical (unpaired) electrons. The summed E-state index contributed by atoms with van der Waals surface area (Å²) in [6, 6.07) is 6.52. The summed E-state index contributed by atoms with van der Waals surface area (Å²) < 4.78 is 2.16. The van der Waals surface area contributed by atoms with Crippen LogP contribution < -0.4 is 5.30 Å². The first-order chi connectivity index (χ1) is 5.68. The molecule has 12 heavy (non-hydrogen) atoms. The molecule has 2 rings (SSSR count). The highest BCUT2D eigenvalue weighted by atomic mass is 31.0. The lowest BCUT2D eigenvalue weighted by Gasteiger charge is -2.02. The van der Waals surface area contributed by atoms with E-state index in [1.165, 1.54) is 21.8 Å². The largest absolute Gasteiger partial charge is 0.350 e. The Labute approximate surface area is 74.6 Å². The van der Waals surface area contributed by atoms with Crippen molar-refractivity contribution in [2.24, 2.45) is 7.05 Å². The monoisotopic (exact) mass is 177 g/mol. The number of aryl methyl sites for hydroxylation is 2. The SMILES string of the molecule is Cc1cc(P)cc2ccn(C)c12. The number of fused-ring (bicyclic) bond motifs is 1. The summed E-state index contributed by atoms with van der Waals surface area (Å²) in [5.74, 6) is 0. The fraction of sp³-hybridized carbons (Fsp3) is 0.200. The zero-order valence-corrected chi connectivity index (χ0v) is 8.49. The zero-order chi connectivity index (χ0) is 8.72. The molecule has 0 saturated carbocycles. The number of nitrogens with zero attached hydrogens (tertiary/aromatic N) is 1. The van der Waals surface area contributed by atoms with Gasteiger partial charge in [0.05, 0.1) is 5.52 Å². The summed E-state index contributed by atoms with van der Waals surface area (Å²) in [5, 5.41) is 2.58. The van der Waals surface area contributed by atoms with Crippen LogP contribution in [0.3, 0.4) is 0 Å². The van der Waals surface area contributed by atoms with Crippen LogP contribution in [-0.2, 0) is 7.05 Å². The molecule has 2 aromatic rings. The Morgan fingerprint density at radius 3 is 2.83 bits per heavy atom. The summed E-state index contributed by atoms with van der Waals surface area (Å²) in [6.07, 6.45) is 2.10. The Balaban J connectivity index is 2.93. The van der Waals surface area contributed by atoms with Crippen molar-refractivity contribution >= 4 is 25.4 Å². The number of benzene rings is 1. The van der Waals surface area contributed by atoms with E-state index in [0.29, 0.717) is 0 Å². The van der Waals surface area contributed by atoms with Gasteiger partial charge in [-0.05, 0) is 29.9 Å². The van der Waals surface area contributed by atoms with Gasteiger partial charge in [0.1, 0.15) is 0 Å². The second-order valence-corrected chi connectivity index (χ2v) is 3.87. The Bertz CT molecular complexity index is 429. The molecule has 1 nitrogen and oxygen atoms in total. The molecule has 1 atom stereocenters. The van der Waals surface area contributed by atoms with E-state index in [4.69, 9.17) is 0 Å². The van der Waals surface area contributed by atoms with E-state index in [9.17, 15) is 0 Å². The fourth-order valence-corrected chi connectivity index (χ4v) is 2.14. The van der Waals surface area contributed by atoms with Crippen LogP contribution in [0, 0.1) is 6.92 Å². The Morgan fingerprint density at radius 2 is 2.08 bits per heavy atom. The lowest BCUT2D eigenvalue weighted by Crippen LogP contribution is -1.94. The van der Waals surface area contributed by atoms with Crippen molar-refractivity contribution in [1.82, 2.24) is 4.57 Å². The van der Waals surface area contributed by atoms with Gasteiger partial charge < -0.3 is 4.57 Å². The molecule has 0 bridgehead atoms. The van der Waals surface area contributed by atoms with Gasteiger partial charge in [0.2, 0.25) is 0 Å². The van der Waals surface area contributed by atoms with E-state index in [-0.39, 0.29) is 0 Å². The van der Waals surface area contributed by atoms with E-state index >= 15 is 0 Å². The minimum Gasteiger partial charge on any atom is -0.350 e. The van der Waals surface area contributed by atoms with Gasteiger partial charge >= 0.3 is 0 Å². The Kier molecular flexibility index (Phi) is 1.69. The van der Waals surface area contributed by atoms with Crippen LogP contribution >= 0.6 is 9.24 Å². The highest BCUT2D eigenvalue weighted by molar-refractivity contribution is 7.27. The van der Waals surface area contributed by atoms with Gasteiger partial charge in [-0.2, -0.15) is 0 Å². The summed E-state index contributed by atoms with van der Waals surface area (Å²) in [7, 11) is 4.82. The van der Waals surface area contributed by atoms with Gasteiger partial charge in [-0.15, -0.1) is 9.24 Å². The van der Waals surface area contributed by atoms with E-state index < -0.39 is 0 Å². The topological polar surface area (TPSA) is 4.93 Å². The molecule has 1 heterocycles. The molecule has 0 aliphatic rings. The van der Waals surface area contributed by atoms with Crippen molar-refractivity contribution in [3.05, 3.63) is 30.0 Å². The molecule has 1 unspecified atom stereocenters. The standard InChI is InChI=1S/C10H12NP/c1-7-5-9(12)6-8-3-4-11(2)10(7)8/h3-6H,12H2,1-2H3. The second-order valence-electron chi connectivity index (χ2n) is 3.20. The van der Waals surface area contributed by atoms with Crippen molar-refractivity contribution in [1.29, 1.82) is 0 Å². The lowest BCUT2D eigenvalue weighted by molar-refractivity contribution is 0.964. The molecule has 0 spiro atoms. The smallest absolute Gasteiger partial charge is 0.0507 e. The van der Waals surface area contributed by atoms with E-state index in [1.54, 1.807) is 0 Å². The van der Waals surface area contributed by atoms with Crippen LogP contribution in [-0.4, -0.2) is 4.57 Å². The first-order valence-corrected chi connectivity index (χ1v) is 4.57. The van der Waals surface area contributed by atoms with Gasteiger partial charge in [-0.3, -0.25) is 0 Å². The molecule has 1 aromatic carbocycles. The fourth-order valence-electron chi connectivity index (χ4n) is 1.71. The number of rotatable bonds is 0. The van der Waals surface area contributed by atoms with E-state index in [2.05, 4.69) is 52.2 Å². The lowest BCUT2D eigenvalue weighted by atomic mass is 10.2. The number of aromatic nitrogens is 1. The summed E-state index contributed by atoms with van der Waals surface area (Å²) in [6.45, 7) is 2.15. The average Bonchev–Trinajstić information content (AvgIpc) is 2.31. The van der Waals surface area contributed by atoms with E-state index in [0.717, 1.165) is 0 Å². The van der Waals surface area contributed by atoms with Crippen LogP contribution in [0.15, 0.2) is 24.4 Å². The molecule has 0 N–H and O–H groups in total. The van der Waals surface area contributed by atoms with Crippen molar-refractivity contribution in [3.63, 3.8) is 0 Å². The van der Waals surface area contributed by atoms with Crippen molar-refractivity contribution in [2.75, 3.05) is 0 Å². The molecule has 0 aliphatic heterocycles. The third-order valence-corrected chi connectivity index (χ3v) is 2.52. The van der Waals surface area contributed by atoms with Gasteiger partial charge in [0.15, 0.2) is 0 Å². The van der Waals surface area contributed by atoms with Crippen molar-refractivity contribution in [2.45, 2.75) is 6.92 Å². The van der Waals surface area contributed by atoms with Crippen molar-refractivity contribution < 1.29 is 0 Å². The van der Waals surface area contributed by atoms with Crippen molar-refractivity contribution in [3.8, 4) is 0 Å². The van der Waals surface area contributed by atoms with Gasteiger partial charge in [0, 0.05) is 18.6 Å². The zero-order valence-electron chi connectivity index (χ0n) is 7.33. The van der Waals surface area contributed by atoms with Crippen LogP contribution in [0.1, 0.15) is 5.56 Å². The average molecular weight is 177 g/mol. The normalized spacial score (nSPS) is 10.9. The van der Waals surface area contributed by atoms with Crippen LogP contribution in [0.4, 0.5) is 0 Å². The molecule has 1 aromatic heterocycles. The summed E-state index contributed by atoms with van der Waals surface area (Å²) >= 11 is 0. The molecule has 2 heteroatoms. The number of hydrogen-bond acceptors (Lipinski definition) is 0. The molecular weight excluding hydrogens is 165 g/mol. The Hall–Kier alpha value is -0.810. The summed E-state index contributed by atoms with van der Waals surface area (Å²) in [4.78, 5) is 0. The first kappa shape index (κ1) is 7.82. The van der Waals surface area contributed by atoms with Crippen LogP contribution in [0.2, 0.25) is 0 Å². The molecular formula is C10H12NP. The highest BCUT2D eigenvalue weighted by Crippen LogP contribution is 2.18. The minimum absolute atomic E-state index is 1.26. The number of hydrogen-bond donors (Lipinski definition) is 0. The first-order valence-electron chi connectivity index (χ1n) is 3.99. The molecule has 0 aliphatic carbocycles. The molecule has 0 saturated heterocycles. The maximum atomic E-state index is 2.74. The predicted octanol–water partition coefficient (Wildman–Crippen LogP) is 1.99. The third-order valence-electron chi connectivity index (χ3n) is 2.18. The van der Waals surface area contributed by atoms with Gasteiger partial charge in [-0.1, -0.05) is 6.07 Å². The maximum absolute atomic E-state index is 2.74. The van der Waals surface area contributed by atoms with Crippen LogP contribution in [0.5, 0.6) is 0 Å². The third kappa shape index (κ3) is 1.05. The molecule has 62 valence electrons. The van der Waals surface area contributed by atoms with Crippen LogP contribution in [0.25, 0.3) is 10.9 Å². The molecule has 0 fully saturated rings. The summed E-state index contributed by atoms with van der Waals surface area (Å²) in [5.41, 5.74) is 2.67. The van der Waals surface area contributed by atoms with Gasteiger partial charge in [-0.25, -0.2) is 0 Å². The maximum Gasteiger partial charge on any atom is 0.0507 e. The highest BCUT2D eigenvalue weighted by Gasteiger charge is 2.01.